The van der Waals surface area contributed by atoms with Gasteiger partial charge >= 0.3 is 0 Å². The van der Waals surface area contributed by atoms with Gasteiger partial charge in [0.15, 0.2) is 0 Å². The van der Waals surface area contributed by atoms with E-state index in [1.54, 1.807) is 11.8 Å². The van der Waals surface area contributed by atoms with Crippen molar-refractivity contribution < 1.29 is 4.79 Å². The van der Waals surface area contributed by atoms with E-state index in [9.17, 15) is 4.79 Å². The summed E-state index contributed by atoms with van der Waals surface area (Å²) in [7, 11) is 1.82. The maximum absolute atomic E-state index is 11.2. The summed E-state index contributed by atoms with van der Waals surface area (Å²) in [5.41, 5.74) is 0.921. The van der Waals surface area contributed by atoms with E-state index in [4.69, 9.17) is 0 Å². The van der Waals surface area contributed by atoms with Crippen LogP contribution in [0.2, 0.25) is 0 Å². The number of nitrogens with zero attached hydrogens (tertiary/aromatic N) is 1. The summed E-state index contributed by atoms with van der Waals surface area (Å²) in [5.74, 6) is 0.0422. The number of anilines is 1. The van der Waals surface area contributed by atoms with Gasteiger partial charge in [0, 0.05) is 12.6 Å². The molecule has 3 nitrogen and oxygen atoms in total. The van der Waals surface area contributed by atoms with Crippen LogP contribution in [0.4, 0.5) is 5.69 Å². The highest BCUT2D eigenvalue weighted by atomic mass is 16.2. The number of para-hydroxylation sites is 1. The third kappa shape index (κ3) is 2.56. The van der Waals surface area contributed by atoms with Gasteiger partial charge in [0.1, 0.15) is 0 Å². The molecule has 0 heterocycles. The normalized spacial score (nSPS) is 9.69. The standard InChI is InChI=1S/C10H14N2O/c1-9(13)12(8-11-2)10-6-4-3-5-7-10/h3-7,11H,8H2,1-2H3. The number of hydrogen-bond acceptors (Lipinski definition) is 2. The molecule has 1 rings (SSSR count). The Labute approximate surface area is 78.4 Å². The van der Waals surface area contributed by atoms with E-state index < -0.39 is 0 Å². The second-order valence-electron chi connectivity index (χ2n) is 2.79. The second-order valence-corrected chi connectivity index (χ2v) is 2.79. The lowest BCUT2D eigenvalue weighted by atomic mass is 10.3. The molecule has 1 aromatic carbocycles. The summed E-state index contributed by atoms with van der Waals surface area (Å²) in [4.78, 5) is 12.9. The Kier molecular flexibility index (Phi) is 3.46. The fraction of sp³-hybridized carbons (Fsp3) is 0.300. The maximum Gasteiger partial charge on any atom is 0.224 e. The van der Waals surface area contributed by atoms with E-state index in [0.29, 0.717) is 6.67 Å². The van der Waals surface area contributed by atoms with E-state index in [2.05, 4.69) is 5.32 Å². The van der Waals surface area contributed by atoms with Gasteiger partial charge in [-0.05, 0) is 19.2 Å². The zero-order valence-electron chi connectivity index (χ0n) is 7.95. The quantitative estimate of drug-likeness (QED) is 0.706. The van der Waals surface area contributed by atoms with Gasteiger partial charge in [0.2, 0.25) is 5.91 Å². The molecule has 1 amide bonds. The van der Waals surface area contributed by atoms with Crippen molar-refractivity contribution in [1.29, 1.82) is 0 Å². The Morgan fingerprint density at radius 1 is 1.38 bits per heavy atom. The molecule has 70 valence electrons. The van der Waals surface area contributed by atoms with Crippen LogP contribution in [0, 0.1) is 0 Å². The van der Waals surface area contributed by atoms with Crippen molar-refractivity contribution in [3.8, 4) is 0 Å². The fourth-order valence-electron chi connectivity index (χ4n) is 1.15. The van der Waals surface area contributed by atoms with Crippen molar-refractivity contribution in [2.24, 2.45) is 0 Å². The summed E-state index contributed by atoms with van der Waals surface area (Å²) in [6.07, 6.45) is 0. The molecule has 3 heteroatoms. The van der Waals surface area contributed by atoms with Crippen LogP contribution >= 0.6 is 0 Å². The number of amides is 1. The Hall–Kier alpha value is -1.35. The fourth-order valence-corrected chi connectivity index (χ4v) is 1.15. The minimum atomic E-state index is 0.0422. The molecule has 0 aliphatic rings. The summed E-state index contributed by atoms with van der Waals surface area (Å²) in [6, 6.07) is 9.60. The molecule has 0 atom stereocenters. The third-order valence-corrected chi connectivity index (χ3v) is 1.76. The minimum absolute atomic E-state index is 0.0422. The molecule has 0 aromatic heterocycles. The molecule has 0 aliphatic heterocycles. The number of carbonyl (C=O) groups excluding carboxylic acids is 1. The SMILES string of the molecule is CNCN(C(C)=O)c1ccccc1. The molecular weight excluding hydrogens is 164 g/mol. The molecule has 0 unspecified atom stereocenters. The number of hydrogen-bond donors (Lipinski definition) is 1. The molecule has 0 spiro atoms. The van der Waals surface area contributed by atoms with Crippen LogP contribution in [0.25, 0.3) is 0 Å². The molecular formula is C10H14N2O. The van der Waals surface area contributed by atoms with E-state index >= 15 is 0 Å². The van der Waals surface area contributed by atoms with Crippen molar-refractivity contribution in [3.63, 3.8) is 0 Å². The van der Waals surface area contributed by atoms with Crippen molar-refractivity contribution in [1.82, 2.24) is 5.32 Å². The van der Waals surface area contributed by atoms with E-state index in [-0.39, 0.29) is 5.91 Å². The highest BCUT2D eigenvalue weighted by Crippen LogP contribution is 2.11. The summed E-state index contributed by atoms with van der Waals surface area (Å²) < 4.78 is 0. The van der Waals surface area contributed by atoms with E-state index in [0.717, 1.165) is 5.69 Å². The predicted molar refractivity (Wildman–Crippen MR) is 53.5 cm³/mol. The van der Waals surface area contributed by atoms with E-state index in [1.807, 2.05) is 37.4 Å². The number of rotatable bonds is 3. The zero-order valence-corrected chi connectivity index (χ0v) is 7.95. The highest BCUT2D eigenvalue weighted by Gasteiger charge is 2.08. The molecule has 0 fully saturated rings. The van der Waals surface area contributed by atoms with Crippen LogP contribution in [0.3, 0.4) is 0 Å². The number of carbonyl (C=O) groups is 1. The topological polar surface area (TPSA) is 32.3 Å². The Balaban J connectivity index is 2.82. The van der Waals surface area contributed by atoms with Gasteiger partial charge < -0.3 is 5.32 Å². The maximum atomic E-state index is 11.2. The van der Waals surface area contributed by atoms with Crippen molar-refractivity contribution >= 4 is 11.6 Å². The summed E-state index contributed by atoms with van der Waals surface area (Å²) >= 11 is 0. The van der Waals surface area contributed by atoms with Crippen LogP contribution in [-0.4, -0.2) is 19.6 Å². The van der Waals surface area contributed by atoms with Crippen LogP contribution in [0.15, 0.2) is 30.3 Å². The van der Waals surface area contributed by atoms with Crippen LogP contribution in [0.5, 0.6) is 0 Å². The molecule has 13 heavy (non-hydrogen) atoms. The molecule has 1 aromatic rings. The highest BCUT2D eigenvalue weighted by molar-refractivity contribution is 5.91. The molecule has 0 bridgehead atoms. The smallest absolute Gasteiger partial charge is 0.224 e. The van der Waals surface area contributed by atoms with Gasteiger partial charge in [0.05, 0.1) is 6.67 Å². The largest absolute Gasteiger partial charge is 0.303 e. The third-order valence-electron chi connectivity index (χ3n) is 1.76. The lowest BCUT2D eigenvalue weighted by Crippen LogP contribution is -2.35. The van der Waals surface area contributed by atoms with Crippen LogP contribution in [0.1, 0.15) is 6.92 Å². The minimum Gasteiger partial charge on any atom is -0.303 e. The molecule has 0 radical (unpaired) electrons. The average Bonchev–Trinajstić information content (AvgIpc) is 2.15. The first kappa shape index (κ1) is 9.74. The van der Waals surface area contributed by atoms with Crippen molar-refractivity contribution in [2.75, 3.05) is 18.6 Å². The Bertz CT molecular complexity index is 272. The van der Waals surface area contributed by atoms with Crippen LogP contribution < -0.4 is 10.2 Å². The van der Waals surface area contributed by atoms with Crippen molar-refractivity contribution in [2.45, 2.75) is 6.92 Å². The summed E-state index contributed by atoms with van der Waals surface area (Å²) in [6.45, 7) is 2.10. The molecule has 0 saturated carbocycles. The predicted octanol–water partition coefficient (Wildman–Crippen LogP) is 1.22. The lowest BCUT2D eigenvalue weighted by molar-refractivity contribution is -0.116. The molecule has 0 aliphatic carbocycles. The second kappa shape index (κ2) is 4.62. The first-order valence-electron chi connectivity index (χ1n) is 4.23. The molecule has 0 saturated heterocycles. The van der Waals surface area contributed by atoms with Gasteiger partial charge in [-0.2, -0.15) is 0 Å². The van der Waals surface area contributed by atoms with Crippen molar-refractivity contribution in [3.05, 3.63) is 30.3 Å². The summed E-state index contributed by atoms with van der Waals surface area (Å²) in [5, 5.41) is 2.95. The van der Waals surface area contributed by atoms with Gasteiger partial charge in [-0.1, -0.05) is 18.2 Å². The first-order chi connectivity index (χ1) is 6.25. The average molecular weight is 178 g/mol. The Morgan fingerprint density at radius 3 is 2.46 bits per heavy atom. The van der Waals surface area contributed by atoms with Gasteiger partial charge in [-0.15, -0.1) is 0 Å². The van der Waals surface area contributed by atoms with Gasteiger partial charge in [0.25, 0.3) is 0 Å². The zero-order chi connectivity index (χ0) is 9.68. The van der Waals surface area contributed by atoms with E-state index in [1.165, 1.54) is 0 Å². The number of benzene rings is 1. The Morgan fingerprint density at radius 2 is 2.00 bits per heavy atom. The first-order valence-corrected chi connectivity index (χ1v) is 4.23. The van der Waals surface area contributed by atoms with Crippen LogP contribution in [-0.2, 0) is 4.79 Å². The van der Waals surface area contributed by atoms with Gasteiger partial charge in [-0.25, -0.2) is 0 Å². The van der Waals surface area contributed by atoms with Gasteiger partial charge in [-0.3, -0.25) is 9.69 Å². The number of nitrogens with one attached hydrogen (secondary N) is 1. The monoisotopic (exact) mass is 178 g/mol. The lowest BCUT2D eigenvalue weighted by Gasteiger charge is -2.20. The molecule has 1 N–H and O–H groups in total.